The Morgan fingerprint density at radius 2 is 0.910 bits per heavy atom. The Balaban J connectivity index is 0.00000525. The van der Waals surface area contributed by atoms with Crippen molar-refractivity contribution in [3.8, 4) is 67.0 Å². The molecule has 3 heterocycles. The molecule has 0 spiro atoms. The summed E-state index contributed by atoms with van der Waals surface area (Å²) in [6, 6.07) is 80.9. The van der Waals surface area contributed by atoms with Gasteiger partial charge in [-0.2, -0.15) is 0 Å². The monoisotopic (exact) mass is 1040 g/mol. The number of benzene rings is 8. The van der Waals surface area contributed by atoms with Crippen molar-refractivity contribution in [3.63, 3.8) is 0 Å². The van der Waals surface area contributed by atoms with E-state index in [1.165, 1.54) is 55.6 Å². The van der Waals surface area contributed by atoms with Gasteiger partial charge in [-0.3, -0.25) is 0 Å². The third kappa shape index (κ3) is 9.55. The van der Waals surface area contributed by atoms with Crippen LogP contribution >= 0.6 is 0 Å². The molecule has 0 amide bonds. The molecule has 11 aromatic rings. The zero-order valence-corrected chi connectivity index (χ0v) is 39.2. The van der Waals surface area contributed by atoms with Gasteiger partial charge in [0.05, 0.1) is 0 Å². The normalized spacial score (nSPS) is 11.1. The Morgan fingerprint density at radius 3 is 1.51 bits per heavy atom. The van der Waals surface area contributed by atoms with Crippen molar-refractivity contribution < 1.29 is 20.1 Å². The van der Waals surface area contributed by atoms with Gasteiger partial charge in [0.15, 0.2) is 0 Å². The average Bonchev–Trinajstić information content (AvgIpc) is 3.40. The van der Waals surface area contributed by atoms with Gasteiger partial charge >= 0.3 is 20.1 Å². The number of rotatable bonds is 12. The zero-order valence-electron chi connectivity index (χ0n) is 36.8. The van der Waals surface area contributed by atoms with E-state index in [9.17, 15) is 0 Å². The topological polar surface area (TPSA) is 38.7 Å². The van der Waals surface area contributed by atoms with Crippen molar-refractivity contribution in [1.29, 1.82) is 0 Å². The van der Waals surface area contributed by atoms with Crippen molar-refractivity contribution in [2.24, 2.45) is 0 Å². The third-order valence-corrected chi connectivity index (χ3v) is 12.5. The van der Waals surface area contributed by atoms with E-state index in [4.69, 9.17) is 15.0 Å². The molecule has 0 aliphatic carbocycles. The van der Waals surface area contributed by atoms with E-state index >= 15 is 0 Å². The van der Waals surface area contributed by atoms with Crippen LogP contribution in [0.3, 0.4) is 0 Å². The summed E-state index contributed by atoms with van der Waals surface area (Å²) in [6.45, 7) is 0. The fourth-order valence-corrected chi connectivity index (χ4v) is 9.08. The average molecular weight is 1040 g/mol. The molecule has 0 unspecified atom stereocenters. The van der Waals surface area contributed by atoms with Crippen LogP contribution in [0.15, 0.2) is 219 Å². The Labute approximate surface area is 406 Å². The third-order valence-electron chi connectivity index (χ3n) is 12.5. The second-order valence-electron chi connectivity index (χ2n) is 16.9. The van der Waals surface area contributed by atoms with E-state index in [1.54, 1.807) is 0 Å². The van der Waals surface area contributed by atoms with Crippen LogP contribution in [-0.2, 0) is 45.8 Å². The predicted octanol–water partition coefficient (Wildman–Crippen LogP) is 15.1. The molecule has 0 fully saturated rings. The molecule has 0 saturated heterocycles. The van der Waals surface area contributed by atoms with E-state index in [2.05, 4.69) is 176 Å². The molecule has 4 heteroatoms. The molecule has 11 rings (SSSR count). The number of hydrogen-bond acceptors (Lipinski definition) is 3. The molecule has 0 bridgehead atoms. The quantitative estimate of drug-likeness (QED) is 0.0904. The van der Waals surface area contributed by atoms with Crippen LogP contribution in [-0.4, -0.2) is 15.0 Å². The summed E-state index contributed by atoms with van der Waals surface area (Å²) in [5.74, 6) is 0. The van der Waals surface area contributed by atoms with Crippen LogP contribution in [0.2, 0.25) is 0 Å². The molecule has 67 heavy (non-hydrogen) atoms. The molecule has 3 nitrogen and oxygen atoms in total. The van der Waals surface area contributed by atoms with Crippen LogP contribution in [0.4, 0.5) is 0 Å². The van der Waals surface area contributed by atoms with Crippen LogP contribution in [0.25, 0.3) is 88.7 Å². The second-order valence-corrected chi connectivity index (χ2v) is 16.9. The van der Waals surface area contributed by atoms with Gasteiger partial charge in [0.2, 0.25) is 0 Å². The van der Waals surface area contributed by atoms with Crippen LogP contribution in [0.5, 0.6) is 0 Å². The Kier molecular flexibility index (Phi) is 12.8. The number of fused-ring (bicyclic) bond motifs is 3. The largest absolute Gasteiger partial charge is 3.00 e. The van der Waals surface area contributed by atoms with Gasteiger partial charge in [0.25, 0.3) is 0 Å². The molecule has 0 radical (unpaired) electrons. The first-order valence-corrected chi connectivity index (χ1v) is 22.6. The minimum Gasteiger partial charge on any atom is -0.304 e. The SMILES string of the molecule is [Ir+3].[c-]1ccccc1-c1ccc(CCc2cc(CCc3ccc(-c4[c-]cccc4)nc3)cc(-c3ccccc3-c3cnc4c(ccc5c(-c6ccc(-c7ccccc7)cc6)cc[c-]c54)c3)c2)cn1. The van der Waals surface area contributed by atoms with Crippen LogP contribution < -0.4 is 0 Å². The maximum absolute atomic E-state index is 5.17. The molecular formula is C63H44IrN3. The fraction of sp³-hybridized carbons (Fsp3) is 0.0635. The summed E-state index contributed by atoms with van der Waals surface area (Å²) in [7, 11) is 0. The van der Waals surface area contributed by atoms with Crippen LogP contribution in [0.1, 0.15) is 22.3 Å². The number of pyridine rings is 3. The van der Waals surface area contributed by atoms with Crippen molar-refractivity contribution in [1.82, 2.24) is 15.0 Å². The maximum Gasteiger partial charge on any atom is 3.00 e. The van der Waals surface area contributed by atoms with Gasteiger partial charge in [-0.15, -0.1) is 95.4 Å². The van der Waals surface area contributed by atoms with Gasteiger partial charge in [-0.1, -0.05) is 150 Å². The Hall–Kier alpha value is -7.62. The van der Waals surface area contributed by atoms with Crippen LogP contribution in [0, 0.1) is 18.2 Å². The summed E-state index contributed by atoms with van der Waals surface area (Å²) in [4.78, 5) is 14.8. The Morgan fingerprint density at radius 1 is 0.343 bits per heavy atom. The molecule has 3 aromatic heterocycles. The maximum atomic E-state index is 5.17. The standard InChI is InChI=1S/C63H44N3.Ir/c1-4-13-48(14-5-1)49-29-31-50(32-30-49)56-21-12-22-60-59(56)34-33-53-40-55(43-66-63(53)60)58-20-11-10-19-57(58)54-38-46(25-23-44-27-35-61(64-41-44)51-15-6-2-7-16-51)37-47(39-54)26-24-45-28-36-62(65-42-45)52-17-8-3-9-18-52;/h1-15,17,19-21,27-43H,23-26H2;/q-3;+3. The predicted molar refractivity (Wildman–Crippen MR) is 272 cm³/mol. The molecule has 0 N–H and O–H groups in total. The van der Waals surface area contributed by atoms with E-state index in [0.29, 0.717) is 0 Å². The molecular weight excluding hydrogens is 991 g/mol. The van der Waals surface area contributed by atoms with E-state index < -0.39 is 0 Å². The summed E-state index contributed by atoms with van der Waals surface area (Å²) in [5, 5.41) is 3.26. The first-order valence-electron chi connectivity index (χ1n) is 22.6. The van der Waals surface area contributed by atoms with Crippen molar-refractivity contribution in [2.75, 3.05) is 0 Å². The van der Waals surface area contributed by atoms with Crippen molar-refractivity contribution in [2.45, 2.75) is 25.7 Å². The number of hydrogen-bond donors (Lipinski definition) is 0. The fourth-order valence-electron chi connectivity index (χ4n) is 9.08. The first kappa shape index (κ1) is 43.3. The van der Waals surface area contributed by atoms with Gasteiger partial charge in [0, 0.05) is 18.6 Å². The molecule has 0 aliphatic heterocycles. The van der Waals surface area contributed by atoms with E-state index in [0.717, 1.165) is 81.0 Å². The molecule has 0 atom stereocenters. The molecule has 0 saturated carbocycles. The smallest absolute Gasteiger partial charge is 0.304 e. The van der Waals surface area contributed by atoms with Crippen molar-refractivity contribution >= 4 is 21.7 Å². The molecule has 8 aromatic carbocycles. The minimum absolute atomic E-state index is 0. The summed E-state index contributed by atoms with van der Waals surface area (Å²) in [6.07, 6.45) is 9.62. The number of aryl methyl sites for hydroxylation is 4. The zero-order chi connectivity index (χ0) is 44.1. The van der Waals surface area contributed by atoms with E-state index in [1.807, 2.05) is 61.1 Å². The second kappa shape index (κ2) is 19.9. The number of nitrogens with zero attached hydrogens (tertiary/aromatic N) is 3. The summed E-state index contributed by atoms with van der Waals surface area (Å²) in [5.41, 5.74) is 19.3. The van der Waals surface area contributed by atoms with Crippen molar-refractivity contribution in [3.05, 3.63) is 259 Å². The summed E-state index contributed by atoms with van der Waals surface area (Å²) >= 11 is 0. The van der Waals surface area contributed by atoms with Gasteiger partial charge in [-0.05, 0) is 109 Å². The minimum atomic E-state index is 0. The Bertz CT molecular complexity index is 3320. The van der Waals surface area contributed by atoms with Gasteiger partial charge < -0.3 is 15.0 Å². The van der Waals surface area contributed by atoms with Gasteiger partial charge in [-0.25, -0.2) is 0 Å². The molecule has 0 aliphatic rings. The number of aromatic nitrogens is 3. The first-order chi connectivity index (χ1) is 32.7. The van der Waals surface area contributed by atoms with E-state index in [-0.39, 0.29) is 20.1 Å². The molecule has 320 valence electrons. The summed E-state index contributed by atoms with van der Waals surface area (Å²) < 4.78 is 0. The van der Waals surface area contributed by atoms with Gasteiger partial charge in [0.1, 0.15) is 0 Å².